The first-order chi connectivity index (χ1) is 15.8. The summed E-state index contributed by atoms with van der Waals surface area (Å²) >= 11 is 1.04. The van der Waals surface area contributed by atoms with Gasteiger partial charge >= 0.3 is 0 Å². The summed E-state index contributed by atoms with van der Waals surface area (Å²) < 4.78 is 28.4. The van der Waals surface area contributed by atoms with E-state index in [0.29, 0.717) is 10.8 Å². The van der Waals surface area contributed by atoms with Crippen LogP contribution in [-0.2, 0) is 21.4 Å². The maximum Gasteiger partial charge on any atom is 0.275 e. The highest BCUT2D eigenvalue weighted by molar-refractivity contribution is 7.94. The summed E-state index contributed by atoms with van der Waals surface area (Å²) in [7, 11) is -3.87. The molecule has 2 aromatic heterocycles. The van der Waals surface area contributed by atoms with Gasteiger partial charge < -0.3 is 0 Å². The van der Waals surface area contributed by atoms with Crippen molar-refractivity contribution in [3.63, 3.8) is 0 Å². The van der Waals surface area contributed by atoms with Crippen LogP contribution in [0.2, 0.25) is 0 Å². The zero-order chi connectivity index (χ0) is 23.4. The number of carbonyl (C=O) groups is 2. The molecule has 0 aliphatic rings. The molecule has 4 aromatic rings. The molecular formula is C21H17N5O5S2. The molecule has 0 atom stereocenters. The van der Waals surface area contributed by atoms with Crippen molar-refractivity contribution in [3.8, 4) is 0 Å². The maximum atomic E-state index is 12.6. The summed E-state index contributed by atoms with van der Waals surface area (Å²) in [4.78, 5) is 37.3. The molecule has 2 amide bonds. The van der Waals surface area contributed by atoms with Crippen molar-refractivity contribution >= 4 is 49.6 Å². The molecule has 3 N–H and O–H groups in total. The van der Waals surface area contributed by atoms with Crippen LogP contribution >= 0.6 is 11.3 Å². The Morgan fingerprint density at radius 1 is 0.970 bits per heavy atom. The van der Waals surface area contributed by atoms with E-state index >= 15 is 0 Å². The summed E-state index contributed by atoms with van der Waals surface area (Å²) in [5.74, 6) is -1.43. The molecule has 0 spiro atoms. The number of anilines is 1. The second-order valence-corrected chi connectivity index (χ2v) is 9.64. The standard InChI is InChI=1S/C21H17N5O5S2/c27-18(13-26-21(29)15-7-2-1-6-14(15)12-22-26)23-24-20(28)16-8-3-4-9-17(16)25-33(30,31)19-10-5-11-32-19/h1-12,25H,13H2,(H,23,27)(H,24,28). The third kappa shape index (κ3) is 4.91. The Morgan fingerprint density at radius 2 is 1.73 bits per heavy atom. The van der Waals surface area contributed by atoms with Crippen LogP contribution < -0.4 is 21.1 Å². The van der Waals surface area contributed by atoms with E-state index in [1.54, 1.807) is 47.8 Å². The number of thiophene rings is 1. The minimum absolute atomic E-state index is 0.000992. The van der Waals surface area contributed by atoms with E-state index in [9.17, 15) is 22.8 Å². The monoisotopic (exact) mass is 483 g/mol. The fourth-order valence-corrected chi connectivity index (χ4v) is 5.06. The van der Waals surface area contributed by atoms with Gasteiger partial charge in [0.05, 0.1) is 22.8 Å². The molecule has 4 rings (SSSR count). The zero-order valence-corrected chi connectivity index (χ0v) is 18.5. The zero-order valence-electron chi connectivity index (χ0n) is 16.9. The number of carbonyl (C=O) groups excluding carboxylic acids is 2. The van der Waals surface area contributed by atoms with Crippen LogP contribution in [0.1, 0.15) is 10.4 Å². The Kier molecular flexibility index (Phi) is 6.20. The van der Waals surface area contributed by atoms with Gasteiger partial charge in [0, 0.05) is 5.39 Å². The largest absolute Gasteiger partial charge is 0.278 e. The van der Waals surface area contributed by atoms with Crippen LogP contribution in [0.15, 0.2) is 81.2 Å². The molecule has 33 heavy (non-hydrogen) atoms. The molecule has 0 radical (unpaired) electrons. The van der Waals surface area contributed by atoms with Crippen LogP contribution in [0.25, 0.3) is 10.8 Å². The smallest absolute Gasteiger partial charge is 0.275 e. The van der Waals surface area contributed by atoms with Crippen molar-refractivity contribution in [2.24, 2.45) is 0 Å². The number of fused-ring (bicyclic) bond motifs is 1. The van der Waals surface area contributed by atoms with Crippen molar-refractivity contribution in [2.75, 3.05) is 4.72 Å². The molecule has 12 heteroatoms. The third-order valence-corrected chi connectivity index (χ3v) is 7.31. The Morgan fingerprint density at radius 3 is 2.52 bits per heavy atom. The topological polar surface area (TPSA) is 139 Å². The van der Waals surface area contributed by atoms with Gasteiger partial charge in [0.25, 0.3) is 27.4 Å². The maximum absolute atomic E-state index is 12.6. The molecule has 2 heterocycles. The highest BCUT2D eigenvalue weighted by Crippen LogP contribution is 2.22. The Hall–Kier alpha value is -4.03. The van der Waals surface area contributed by atoms with Crippen molar-refractivity contribution in [1.29, 1.82) is 0 Å². The summed E-state index contributed by atoms with van der Waals surface area (Å²) in [6.45, 7) is -0.420. The van der Waals surface area contributed by atoms with E-state index in [1.807, 2.05) is 0 Å². The molecule has 0 aliphatic carbocycles. The number of hydrogen-bond acceptors (Lipinski definition) is 7. The number of aromatic nitrogens is 2. The van der Waals surface area contributed by atoms with E-state index in [-0.39, 0.29) is 15.5 Å². The second-order valence-electron chi connectivity index (χ2n) is 6.78. The predicted octanol–water partition coefficient (Wildman–Crippen LogP) is 1.72. The highest BCUT2D eigenvalue weighted by atomic mass is 32.2. The normalized spacial score (nSPS) is 11.2. The molecule has 10 nitrogen and oxygen atoms in total. The van der Waals surface area contributed by atoms with Crippen LogP contribution in [0.3, 0.4) is 0 Å². The van der Waals surface area contributed by atoms with Gasteiger partial charge in [-0.15, -0.1) is 11.3 Å². The lowest BCUT2D eigenvalue weighted by molar-refractivity contribution is -0.122. The minimum Gasteiger partial charge on any atom is -0.278 e. The number of hydrogen-bond donors (Lipinski definition) is 3. The molecular weight excluding hydrogens is 466 g/mol. The molecule has 0 fully saturated rings. The van der Waals surface area contributed by atoms with Gasteiger partial charge in [-0.1, -0.05) is 36.4 Å². The molecule has 168 valence electrons. The number of nitrogens with zero attached hydrogens (tertiary/aromatic N) is 2. The van der Waals surface area contributed by atoms with Crippen molar-refractivity contribution in [3.05, 3.63) is 88.2 Å². The van der Waals surface area contributed by atoms with Gasteiger partial charge in [0.1, 0.15) is 10.8 Å². The minimum atomic E-state index is -3.87. The van der Waals surface area contributed by atoms with E-state index in [1.165, 1.54) is 24.4 Å². The van der Waals surface area contributed by atoms with E-state index < -0.39 is 33.9 Å². The van der Waals surface area contributed by atoms with Crippen LogP contribution in [0, 0.1) is 0 Å². The number of nitrogens with one attached hydrogen (secondary N) is 3. The van der Waals surface area contributed by atoms with Gasteiger partial charge in [-0.05, 0) is 29.6 Å². The summed E-state index contributed by atoms with van der Waals surface area (Å²) in [5, 5.41) is 6.65. The van der Waals surface area contributed by atoms with Gasteiger partial charge in [0.15, 0.2) is 0 Å². The van der Waals surface area contributed by atoms with Crippen LogP contribution in [-0.4, -0.2) is 30.0 Å². The number of amides is 2. The third-order valence-electron chi connectivity index (χ3n) is 4.55. The first-order valence-corrected chi connectivity index (χ1v) is 11.9. The lowest BCUT2D eigenvalue weighted by Crippen LogP contribution is -2.44. The highest BCUT2D eigenvalue weighted by Gasteiger charge is 2.19. The SMILES string of the molecule is O=C(Cn1ncc2ccccc2c1=O)NNC(=O)c1ccccc1NS(=O)(=O)c1cccs1. The first kappa shape index (κ1) is 22.2. The summed E-state index contributed by atoms with van der Waals surface area (Å²) in [5.41, 5.74) is 4.04. The second kappa shape index (κ2) is 9.22. The number of hydrazine groups is 1. The molecule has 0 aliphatic heterocycles. The molecule has 0 saturated heterocycles. The van der Waals surface area contributed by atoms with Gasteiger partial charge in [-0.25, -0.2) is 13.1 Å². The van der Waals surface area contributed by atoms with Gasteiger partial charge in [-0.2, -0.15) is 5.10 Å². The predicted molar refractivity (Wildman–Crippen MR) is 123 cm³/mol. The fourth-order valence-electron chi connectivity index (χ4n) is 2.99. The number of benzene rings is 2. The average molecular weight is 484 g/mol. The molecule has 0 bridgehead atoms. The van der Waals surface area contributed by atoms with Gasteiger partial charge in [0.2, 0.25) is 0 Å². The fraction of sp³-hybridized carbons (Fsp3) is 0.0476. The molecule has 0 unspecified atom stereocenters. The molecule has 2 aromatic carbocycles. The van der Waals surface area contributed by atoms with Crippen LogP contribution in [0.4, 0.5) is 5.69 Å². The number of rotatable bonds is 6. The van der Waals surface area contributed by atoms with Gasteiger partial charge in [-0.3, -0.25) is 30.0 Å². The lowest BCUT2D eigenvalue weighted by atomic mass is 10.2. The van der Waals surface area contributed by atoms with Crippen molar-refractivity contribution in [1.82, 2.24) is 20.6 Å². The van der Waals surface area contributed by atoms with E-state index in [0.717, 1.165) is 16.0 Å². The lowest BCUT2D eigenvalue weighted by Gasteiger charge is -2.13. The number of sulfonamides is 1. The average Bonchev–Trinajstić information content (AvgIpc) is 3.36. The molecule has 0 saturated carbocycles. The quantitative estimate of drug-likeness (QED) is 0.357. The summed E-state index contributed by atoms with van der Waals surface area (Å²) in [6, 6.07) is 15.8. The summed E-state index contributed by atoms with van der Waals surface area (Å²) in [6.07, 6.45) is 1.47. The Balaban J connectivity index is 1.44. The van der Waals surface area contributed by atoms with E-state index in [2.05, 4.69) is 20.7 Å². The van der Waals surface area contributed by atoms with Crippen molar-refractivity contribution < 1.29 is 18.0 Å². The van der Waals surface area contributed by atoms with Crippen LogP contribution in [0.5, 0.6) is 0 Å². The number of para-hydroxylation sites is 1. The van der Waals surface area contributed by atoms with E-state index in [4.69, 9.17) is 0 Å². The Bertz CT molecular complexity index is 1500. The van der Waals surface area contributed by atoms with Crippen molar-refractivity contribution in [2.45, 2.75) is 10.8 Å². The Labute approximate surface area is 191 Å². The first-order valence-electron chi connectivity index (χ1n) is 9.54.